The molecule has 0 spiro atoms. The summed E-state index contributed by atoms with van der Waals surface area (Å²) in [6.45, 7) is 5.03. The zero-order chi connectivity index (χ0) is 11.9. The average molecular weight is 235 g/mol. The van der Waals surface area contributed by atoms with Crippen LogP contribution in [0.2, 0.25) is 0 Å². The first-order chi connectivity index (χ1) is 8.36. The van der Waals surface area contributed by atoms with Crippen molar-refractivity contribution in [3.63, 3.8) is 0 Å². The maximum Gasteiger partial charge on any atom is 0.235 e. The lowest BCUT2D eigenvalue weighted by Crippen LogP contribution is -2.27. The second-order valence-electron chi connectivity index (χ2n) is 4.63. The van der Waals surface area contributed by atoms with Gasteiger partial charge < -0.3 is 10.1 Å². The largest absolute Gasteiger partial charge is 0.476 e. The highest BCUT2D eigenvalue weighted by Gasteiger charge is 2.12. The first-order valence-electron chi connectivity index (χ1n) is 6.47. The maximum atomic E-state index is 5.64. The van der Waals surface area contributed by atoms with Crippen molar-refractivity contribution in [3.8, 4) is 5.88 Å². The molecule has 0 aliphatic carbocycles. The molecule has 1 fully saturated rings. The lowest BCUT2D eigenvalue weighted by molar-refractivity contribution is 0.264. The fraction of sp³-hybridized carbons (Fsp3) is 0.692. The molecule has 94 valence electrons. The minimum absolute atomic E-state index is 0.679. The Kier molecular flexibility index (Phi) is 4.74. The minimum atomic E-state index is 0.679. The van der Waals surface area contributed by atoms with E-state index in [4.69, 9.17) is 4.74 Å². The molecule has 1 aliphatic rings. The van der Waals surface area contributed by atoms with Crippen LogP contribution in [0.3, 0.4) is 0 Å². The summed E-state index contributed by atoms with van der Waals surface area (Å²) in [6, 6.07) is 0. The van der Waals surface area contributed by atoms with Crippen LogP contribution in [-0.4, -0.2) is 29.7 Å². The van der Waals surface area contributed by atoms with Gasteiger partial charge >= 0.3 is 0 Å². The fourth-order valence-corrected chi connectivity index (χ4v) is 2.25. The van der Waals surface area contributed by atoms with Crippen molar-refractivity contribution in [2.75, 3.05) is 19.7 Å². The highest BCUT2D eigenvalue weighted by atomic mass is 16.5. The van der Waals surface area contributed by atoms with Crippen LogP contribution in [0, 0.1) is 12.8 Å². The number of hydrogen-bond acceptors (Lipinski definition) is 4. The Morgan fingerprint density at radius 1 is 1.29 bits per heavy atom. The molecule has 0 atom stereocenters. The van der Waals surface area contributed by atoms with Crippen LogP contribution in [0.15, 0.2) is 12.4 Å². The monoisotopic (exact) mass is 235 g/mol. The summed E-state index contributed by atoms with van der Waals surface area (Å²) < 4.78 is 5.64. The van der Waals surface area contributed by atoms with Crippen molar-refractivity contribution in [1.82, 2.24) is 15.3 Å². The summed E-state index contributed by atoms with van der Waals surface area (Å²) >= 11 is 0. The Labute approximate surface area is 103 Å². The van der Waals surface area contributed by atoms with Crippen molar-refractivity contribution in [2.45, 2.75) is 32.6 Å². The van der Waals surface area contributed by atoms with E-state index >= 15 is 0 Å². The van der Waals surface area contributed by atoms with Crippen LogP contribution >= 0.6 is 0 Å². The Balaban J connectivity index is 1.64. The van der Waals surface area contributed by atoms with Gasteiger partial charge in [-0.2, -0.15) is 0 Å². The molecule has 2 rings (SSSR count). The van der Waals surface area contributed by atoms with E-state index < -0.39 is 0 Å². The van der Waals surface area contributed by atoms with E-state index in [1.807, 2.05) is 6.92 Å². The molecule has 2 heterocycles. The van der Waals surface area contributed by atoms with Gasteiger partial charge in [-0.25, -0.2) is 4.98 Å². The molecule has 17 heavy (non-hydrogen) atoms. The number of ether oxygens (including phenoxy) is 1. The normalized spacial score (nSPS) is 17.0. The molecule has 0 amide bonds. The van der Waals surface area contributed by atoms with Crippen molar-refractivity contribution in [1.29, 1.82) is 0 Å². The molecule has 0 radical (unpaired) electrons. The van der Waals surface area contributed by atoms with Crippen LogP contribution in [0.25, 0.3) is 0 Å². The van der Waals surface area contributed by atoms with E-state index in [0.29, 0.717) is 5.88 Å². The number of nitrogens with one attached hydrogen (secondary N) is 1. The number of aromatic nitrogens is 2. The Morgan fingerprint density at radius 2 is 2.06 bits per heavy atom. The first-order valence-corrected chi connectivity index (χ1v) is 6.47. The van der Waals surface area contributed by atoms with Crippen molar-refractivity contribution >= 4 is 0 Å². The maximum absolute atomic E-state index is 5.64. The Hall–Kier alpha value is -1.16. The number of aryl methyl sites for hydroxylation is 1. The zero-order valence-electron chi connectivity index (χ0n) is 10.5. The minimum Gasteiger partial charge on any atom is -0.476 e. The van der Waals surface area contributed by atoms with Crippen molar-refractivity contribution in [2.24, 2.45) is 5.92 Å². The molecule has 1 N–H and O–H groups in total. The molecule has 0 unspecified atom stereocenters. The summed E-state index contributed by atoms with van der Waals surface area (Å²) in [6.07, 6.45) is 8.36. The molecule has 1 aromatic heterocycles. The third-order valence-electron chi connectivity index (χ3n) is 3.29. The van der Waals surface area contributed by atoms with Crippen LogP contribution < -0.4 is 10.1 Å². The number of hydrogen-bond donors (Lipinski definition) is 1. The summed E-state index contributed by atoms with van der Waals surface area (Å²) in [5.41, 5.74) is 0.870. The molecule has 1 aromatic rings. The van der Waals surface area contributed by atoms with Gasteiger partial charge in [-0.05, 0) is 51.6 Å². The van der Waals surface area contributed by atoms with Crippen molar-refractivity contribution in [3.05, 3.63) is 18.1 Å². The van der Waals surface area contributed by atoms with Crippen LogP contribution in [-0.2, 0) is 0 Å². The van der Waals surface area contributed by atoms with Gasteiger partial charge in [-0.15, -0.1) is 0 Å². The van der Waals surface area contributed by atoms with Gasteiger partial charge in [0.05, 0.1) is 12.3 Å². The fourth-order valence-electron chi connectivity index (χ4n) is 2.25. The van der Waals surface area contributed by atoms with E-state index in [9.17, 15) is 0 Å². The van der Waals surface area contributed by atoms with Gasteiger partial charge in [0, 0.05) is 12.4 Å². The smallest absolute Gasteiger partial charge is 0.235 e. The second-order valence-corrected chi connectivity index (χ2v) is 4.63. The molecule has 4 nitrogen and oxygen atoms in total. The molecule has 0 saturated carbocycles. The van der Waals surface area contributed by atoms with E-state index in [1.165, 1.54) is 32.4 Å². The summed E-state index contributed by atoms with van der Waals surface area (Å²) in [5, 5.41) is 3.39. The van der Waals surface area contributed by atoms with E-state index in [1.54, 1.807) is 12.4 Å². The number of rotatable bonds is 5. The predicted octanol–water partition coefficient (Wildman–Crippen LogP) is 1.94. The van der Waals surface area contributed by atoms with Gasteiger partial charge in [-0.3, -0.25) is 4.98 Å². The number of piperidine rings is 1. The van der Waals surface area contributed by atoms with Gasteiger partial charge in [0.1, 0.15) is 0 Å². The lowest BCUT2D eigenvalue weighted by Gasteiger charge is -2.22. The molecule has 1 saturated heterocycles. The number of nitrogens with zero attached hydrogens (tertiary/aromatic N) is 2. The third-order valence-corrected chi connectivity index (χ3v) is 3.29. The van der Waals surface area contributed by atoms with Crippen LogP contribution in [0.1, 0.15) is 31.4 Å². The van der Waals surface area contributed by atoms with Gasteiger partial charge in [-0.1, -0.05) is 0 Å². The van der Waals surface area contributed by atoms with Crippen molar-refractivity contribution < 1.29 is 4.74 Å². The van der Waals surface area contributed by atoms with E-state index in [2.05, 4.69) is 15.3 Å². The summed E-state index contributed by atoms with van der Waals surface area (Å²) in [5.74, 6) is 1.56. The topological polar surface area (TPSA) is 47.0 Å². The third kappa shape index (κ3) is 3.97. The standard InChI is InChI=1S/C13H21N3O/c1-11-13(16-9-8-15-11)17-10-2-3-12-4-6-14-7-5-12/h8-9,12,14H,2-7,10H2,1H3. The predicted molar refractivity (Wildman–Crippen MR) is 67.1 cm³/mol. The molecular weight excluding hydrogens is 214 g/mol. The van der Waals surface area contributed by atoms with E-state index in [-0.39, 0.29) is 0 Å². The average Bonchev–Trinajstić information content (AvgIpc) is 2.38. The summed E-state index contributed by atoms with van der Waals surface area (Å²) in [7, 11) is 0. The Morgan fingerprint density at radius 3 is 2.82 bits per heavy atom. The van der Waals surface area contributed by atoms with Gasteiger partial charge in [0.25, 0.3) is 0 Å². The van der Waals surface area contributed by atoms with Gasteiger partial charge in [0.2, 0.25) is 5.88 Å². The molecule has 4 heteroatoms. The van der Waals surface area contributed by atoms with Crippen LogP contribution in [0.4, 0.5) is 0 Å². The quantitative estimate of drug-likeness (QED) is 0.792. The first kappa shape index (κ1) is 12.3. The Bertz CT molecular complexity index is 337. The van der Waals surface area contributed by atoms with E-state index in [0.717, 1.165) is 24.6 Å². The summed E-state index contributed by atoms with van der Waals surface area (Å²) in [4.78, 5) is 8.32. The second kappa shape index (κ2) is 6.55. The molecule has 0 bridgehead atoms. The highest BCUT2D eigenvalue weighted by molar-refractivity contribution is 5.14. The molecule has 0 aromatic carbocycles. The molecule has 1 aliphatic heterocycles. The zero-order valence-corrected chi connectivity index (χ0v) is 10.5. The highest BCUT2D eigenvalue weighted by Crippen LogP contribution is 2.18. The molecular formula is C13H21N3O. The SMILES string of the molecule is Cc1nccnc1OCCCC1CCNCC1. The van der Waals surface area contributed by atoms with Crippen LogP contribution in [0.5, 0.6) is 5.88 Å². The van der Waals surface area contributed by atoms with Gasteiger partial charge in [0.15, 0.2) is 0 Å². The lowest BCUT2D eigenvalue weighted by atomic mass is 9.93.